The molecule has 4 heteroatoms. The molecule has 1 aliphatic carbocycles. The first-order chi connectivity index (χ1) is 12.6. The fourth-order valence-electron chi connectivity index (χ4n) is 4.16. The van der Waals surface area contributed by atoms with Gasteiger partial charge in [0.25, 0.3) is 0 Å². The second-order valence-corrected chi connectivity index (χ2v) is 7.75. The van der Waals surface area contributed by atoms with Gasteiger partial charge in [-0.15, -0.1) is 0 Å². The lowest BCUT2D eigenvalue weighted by Gasteiger charge is -2.36. The highest BCUT2D eigenvalue weighted by molar-refractivity contribution is 6.10. The van der Waals surface area contributed by atoms with E-state index >= 15 is 0 Å². The maximum Gasteiger partial charge on any atom is 0.227 e. The van der Waals surface area contributed by atoms with E-state index in [0.717, 1.165) is 55.5 Å². The number of benzene rings is 1. The first-order valence-electron chi connectivity index (χ1n) is 9.81. The Labute approximate surface area is 156 Å². The maximum absolute atomic E-state index is 13.1. The molecule has 2 aliphatic rings. The topological polar surface area (TPSA) is 40.6 Å². The fourth-order valence-corrected chi connectivity index (χ4v) is 4.16. The van der Waals surface area contributed by atoms with E-state index in [1.807, 2.05) is 35.2 Å². The molecule has 1 fully saturated rings. The third-order valence-corrected chi connectivity index (χ3v) is 5.61. The van der Waals surface area contributed by atoms with Crippen molar-refractivity contribution in [2.75, 3.05) is 27.2 Å². The van der Waals surface area contributed by atoms with E-state index < -0.39 is 0 Å². The Hall–Kier alpha value is -1.94. The standard InChI is InChI=1S/C22H30N2O2/c1-23(2)15-13-18-10-6-7-14-24(18)22(26)16-20-19(11-12-21(20)25)17-8-4-3-5-9-17/h3-5,8-9,18H,6-7,10-16H2,1-2H3. The van der Waals surface area contributed by atoms with Crippen molar-refractivity contribution in [2.45, 2.75) is 51.0 Å². The van der Waals surface area contributed by atoms with E-state index in [1.54, 1.807) is 0 Å². The average molecular weight is 354 g/mol. The summed E-state index contributed by atoms with van der Waals surface area (Å²) in [6, 6.07) is 10.4. The molecule has 0 bridgehead atoms. The molecule has 1 saturated heterocycles. The third kappa shape index (κ3) is 4.42. The molecule has 1 aliphatic heterocycles. The maximum atomic E-state index is 13.1. The zero-order valence-corrected chi connectivity index (χ0v) is 16.0. The first kappa shape index (κ1) is 18.8. The van der Waals surface area contributed by atoms with E-state index in [2.05, 4.69) is 19.0 Å². The van der Waals surface area contributed by atoms with Crippen molar-refractivity contribution in [3.63, 3.8) is 0 Å². The number of rotatable bonds is 6. The number of ketones is 1. The van der Waals surface area contributed by atoms with Crippen molar-refractivity contribution in [1.82, 2.24) is 9.80 Å². The second-order valence-electron chi connectivity index (χ2n) is 7.75. The molecule has 0 radical (unpaired) electrons. The van der Waals surface area contributed by atoms with Crippen LogP contribution in [0.2, 0.25) is 0 Å². The van der Waals surface area contributed by atoms with Crippen LogP contribution >= 0.6 is 0 Å². The molecular weight excluding hydrogens is 324 g/mol. The van der Waals surface area contributed by atoms with Gasteiger partial charge in [-0.05, 0) is 63.9 Å². The van der Waals surface area contributed by atoms with Crippen LogP contribution in [0.25, 0.3) is 5.57 Å². The van der Waals surface area contributed by atoms with E-state index in [4.69, 9.17) is 0 Å². The number of amides is 1. The number of hydrogen-bond acceptors (Lipinski definition) is 3. The number of piperidine rings is 1. The van der Waals surface area contributed by atoms with E-state index in [1.165, 1.54) is 6.42 Å². The molecule has 0 spiro atoms. The van der Waals surface area contributed by atoms with Gasteiger partial charge in [-0.25, -0.2) is 0 Å². The summed E-state index contributed by atoms with van der Waals surface area (Å²) >= 11 is 0. The van der Waals surface area contributed by atoms with Crippen LogP contribution in [0, 0.1) is 0 Å². The number of hydrogen-bond donors (Lipinski definition) is 0. The lowest BCUT2D eigenvalue weighted by Crippen LogP contribution is -2.45. The van der Waals surface area contributed by atoms with Crippen LogP contribution in [0.15, 0.2) is 35.9 Å². The number of allylic oxidation sites excluding steroid dienone is 1. The van der Waals surface area contributed by atoms with Crippen molar-refractivity contribution in [3.8, 4) is 0 Å². The molecule has 1 atom stereocenters. The molecule has 26 heavy (non-hydrogen) atoms. The highest BCUT2D eigenvalue weighted by Gasteiger charge is 2.31. The summed E-state index contributed by atoms with van der Waals surface area (Å²) in [6.45, 7) is 1.82. The van der Waals surface area contributed by atoms with E-state index in [9.17, 15) is 9.59 Å². The minimum Gasteiger partial charge on any atom is -0.339 e. The van der Waals surface area contributed by atoms with E-state index in [0.29, 0.717) is 12.5 Å². The largest absolute Gasteiger partial charge is 0.339 e. The summed E-state index contributed by atoms with van der Waals surface area (Å²) in [6.07, 6.45) is 5.92. The van der Waals surface area contributed by atoms with Crippen LogP contribution in [0.3, 0.4) is 0 Å². The van der Waals surface area contributed by atoms with Crippen LogP contribution in [0.1, 0.15) is 50.5 Å². The Bertz CT molecular complexity index is 679. The van der Waals surface area contributed by atoms with Gasteiger partial charge in [0, 0.05) is 24.6 Å². The van der Waals surface area contributed by atoms with Gasteiger partial charge < -0.3 is 9.80 Å². The fraction of sp³-hybridized carbons (Fsp3) is 0.545. The number of nitrogens with zero attached hydrogens (tertiary/aromatic N) is 2. The molecule has 1 aromatic carbocycles. The molecule has 3 rings (SSSR count). The van der Waals surface area contributed by atoms with Crippen LogP contribution in [-0.2, 0) is 9.59 Å². The number of carbonyl (C=O) groups excluding carboxylic acids is 2. The quantitative estimate of drug-likeness (QED) is 0.785. The highest BCUT2D eigenvalue weighted by atomic mass is 16.2. The summed E-state index contributed by atoms with van der Waals surface area (Å²) in [7, 11) is 4.15. The predicted octanol–water partition coefficient (Wildman–Crippen LogP) is 3.53. The molecular formula is C22H30N2O2. The molecule has 1 amide bonds. The Morgan fingerprint density at radius 3 is 2.65 bits per heavy atom. The van der Waals surface area contributed by atoms with Crippen LogP contribution in [-0.4, -0.2) is 54.7 Å². The zero-order valence-electron chi connectivity index (χ0n) is 16.0. The SMILES string of the molecule is CN(C)CCC1CCCCN1C(=O)CC1=C(c2ccccc2)CCC1=O. The molecule has 1 heterocycles. The van der Waals surface area contributed by atoms with Gasteiger partial charge in [0.05, 0.1) is 6.42 Å². The number of carbonyl (C=O) groups is 2. The second kappa shape index (κ2) is 8.63. The average Bonchev–Trinajstić information content (AvgIpc) is 3.01. The number of likely N-dealkylation sites (tertiary alicyclic amines) is 1. The van der Waals surface area contributed by atoms with Gasteiger partial charge in [-0.1, -0.05) is 30.3 Å². The first-order valence-corrected chi connectivity index (χ1v) is 9.81. The smallest absolute Gasteiger partial charge is 0.227 e. The summed E-state index contributed by atoms with van der Waals surface area (Å²) < 4.78 is 0. The molecule has 0 aromatic heterocycles. The zero-order chi connectivity index (χ0) is 18.5. The Morgan fingerprint density at radius 1 is 1.15 bits per heavy atom. The van der Waals surface area contributed by atoms with Gasteiger partial charge in [0.2, 0.25) is 5.91 Å². The molecule has 0 N–H and O–H groups in total. The van der Waals surface area contributed by atoms with Crippen molar-refractivity contribution < 1.29 is 9.59 Å². The Morgan fingerprint density at radius 2 is 1.92 bits per heavy atom. The third-order valence-electron chi connectivity index (χ3n) is 5.61. The molecule has 4 nitrogen and oxygen atoms in total. The Kier molecular flexibility index (Phi) is 6.25. The minimum atomic E-state index is 0.132. The van der Waals surface area contributed by atoms with Crippen molar-refractivity contribution in [2.24, 2.45) is 0 Å². The molecule has 1 aromatic rings. The van der Waals surface area contributed by atoms with Crippen LogP contribution in [0.5, 0.6) is 0 Å². The monoisotopic (exact) mass is 354 g/mol. The molecule has 140 valence electrons. The van der Waals surface area contributed by atoms with Crippen molar-refractivity contribution in [1.29, 1.82) is 0 Å². The summed E-state index contributed by atoms with van der Waals surface area (Å²) in [5.41, 5.74) is 2.91. The van der Waals surface area contributed by atoms with E-state index in [-0.39, 0.29) is 18.1 Å². The predicted molar refractivity (Wildman–Crippen MR) is 105 cm³/mol. The summed E-state index contributed by atoms with van der Waals surface area (Å²) in [5.74, 6) is 0.284. The van der Waals surface area contributed by atoms with Gasteiger partial charge >= 0.3 is 0 Å². The van der Waals surface area contributed by atoms with Crippen LogP contribution in [0.4, 0.5) is 0 Å². The normalized spacial score (nSPS) is 21.0. The lowest BCUT2D eigenvalue weighted by molar-refractivity contribution is -0.135. The lowest BCUT2D eigenvalue weighted by atomic mass is 9.96. The molecule has 0 saturated carbocycles. The summed E-state index contributed by atoms with van der Waals surface area (Å²) in [4.78, 5) is 29.7. The van der Waals surface area contributed by atoms with Crippen molar-refractivity contribution >= 4 is 17.3 Å². The Balaban J connectivity index is 1.75. The van der Waals surface area contributed by atoms with Gasteiger partial charge in [-0.3, -0.25) is 9.59 Å². The van der Waals surface area contributed by atoms with Crippen molar-refractivity contribution in [3.05, 3.63) is 41.5 Å². The number of Topliss-reactive ketones (excluding diaryl/α,β-unsaturated/α-hetero) is 1. The highest BCUT2D eigenvalue weighted by Crippen LogP contribution is 2.34. The van der Waals surface area contributed by atoms with Crippen LogP contribution < -0.4 is 0 Å². The molecule has 1 unspecified atom stereocenters. The van der Waals surface area contributed by atoms with Gasteiger partial charge in [0.15, 0.2) is 5.78 Å². The minimum absolute atomic E-state index is 0.132. The summed E-state index contributed by atoms with van der Waals surface area (Å²) in [5, 5.41) is 0. The van der Waals surface area contributed by atoms with Gasteiger partial charge in [0.1, 0.15) is 0 Å². The van der Waals surface area contributed by atoms with Gasteiger partial charge in [-0.2, -0.15) is 0 Å².